The first-order valence-electron chi connectivity index (χ1n) is 14.2. The lowest BCUT2D eigenvalue weighted by Crippen LogP contribution is -2.53. The van der Waals surface area contributed by atoms with E-state index in [1.807, 2.05) is 55.5 Å². The van der Waals surface area contributed by atoms with Crippen LogP contribution in [0.25, 0.3) is 0 Å². The minimum absolute atomic E-state index is 0.0875. The summed E-state index contributed by atoms with van der Waals surface area (Å²) in [5, 5.41) is 3.11. The van der Waals surface area contributed by atoms with Gasteiger partial charge in [0.1, 0.15) is 29.8 Å². The number of hydrogen-bond donors (Lipinski definition) is 1. The summed E-state index contributed by atoms with van der Waals surface area (Å²) in [6.45, 7) is 1.51. The van der Waals surface area contributed by atoms with Crippen molar-refractivity contribution in [3.8, 4) is 17.2 Å². The van der Waals surface area contributed by atoms with Crippen LogP contribution < -0.4 is 19.1 Å². The van der Waals surface area contributed by atoms with Crippen molar-refractivity contribution in [3.63, 3.8) is 0 Å². The molecule has 224 valence electrons. The third-order valence-corrected chi connectivity index (χ3v) is 8.50. The summed E-state index contributed by atoms with van der Waals surface area (Å²) in [6.07, 6.45) is 5.39. The van der Waals surface area contributed by atoms with E-state index in [1.165, 1.54) is 4.90 Å². The van der Waals surface area contributed by atoms with E-state index in [2.05, 4.69) is 5.32 Å². The fraction of sp³-hybridized carbons (Fsp3) is 0.375. The first kappa shape index (κ1) is 30.9. The maximum atomic E-state index is 14.0. The lowest BCUT2D eigenvalue weighted by molar-refractivity contribution is -0.140. The monoisotopic (exact) mass is 593 g/mol. The number of hydrogen-bond acceptors (Lipinski definition) is 6. The number of amides is 2. The van der Waals surface area contributed by atoms with Crippen LogP contribution >= 0.6 is 0 Å². The first-order valence-corrected chi connectivity index (χ1v) is 16.1. The maximum absolute atomic E-state index is 14.0. The molecule has 0 saturated heterocycles. The summed E-state index contributed by atoms with van der Waals surface area (Å²) in [7, 11) is -2.29. The highest BCUT2D eigenvalue weighted by Crippen LogP contribution is 2.26. The van der Waals surface area contributed by atoms with Gasteiger partial charge in [-0.15, -0.1) is 0 Å². The fourth-order valence-electron chi connectivity index (χ4n) is 5.17. The van der Waals surface area contributed by atoms with Crippen LogP contribution in [0.5, 0.6) is 17.2 Å². The highest BCUT2D eigenvalue weighted by Gasteiger charge is 2.33. The highest BCUT2D eigenvalue weighted by molar-refractivity contribution is 7.92. The minimum Gasteiger partial charge on any atom is -0.497 e. The molecule has 0 heterocycles. The van der Waals surface area contributed by atoms with E-state index >= 15 is 0 Å². The number of benzene rings is 3. The van der Waals surface area contributed by atoms with E-state index in [0.29, 0.717) is 29.4 Å². The topological polar surface area (TPSA) is 105 Å². The van der Waals surface area contributed by atoms with E-state index in [1.54, 1.807) is 37.4 Å². The summed E-state index contributed by atoms with van der Waals surface area (Å²) in [5.74, 6) is 1.09. The molecule has 3 aromatic rings. The Kier molecular flexibility index (Phi) is 10.5. The average molecular weight is 594 g/mol. The van der Waals surface area contributed by atoms with Crippen molar-refractivity contribution in [2.24, 2.45) is 0 Å². The number of carbonyl (C=O) groups excluding carboxylic acids is 2. The number of anilines is 1. The lowest BCUT2D eigenvalue weighted by atomic mass is 10.1. The van der Waals surface area contributed by atoms with Crippen LogP contribution in [0.4, 0.5) is 5.69 Å². The van der Waals surface area contributed by atoms with Gasteiger partial charge in [0.25, 0.3) is 0 Å². The zero-order valence-electron chi connectivity index (χ0n) is 24.4. The summed E-state index contributed by atoms with van der Waals surface area (Å²) >= 11 is 0. The van der Waals surface area contributed by atoms with Crippen molar-refractivity contribution >= 4 is 27.5 Å². The molecule has 42 heavy (non-hydrogen) atoms. The second kappa shape index (κ2) is 14.2. The van der Waals surface area contributed by atoms with Gasteiger partial charge >= 0.3 is 0 Å². The molecule has 10 heteroatoms. The van der Waals surface area contributed by atoms with Gasteiger partial charge in [0.2, 0.25) is 21.8 Å². The second-order valence-corrected chi connectivity index (χ2v) is 12.4. The zero-order valence-corrected chi connectivity index (χ0v) is 25.2. The molecule has 9 nitrogen and oxygen atoms in total. The molecular weight excluding hydrogens is 554 g/mol. The third kappa shape index (κ3) is 8.25. The van der Waals surface area contributed by atoms with Crippen molar-refractivity contribution in [2.45, 2.75) is 57.7 Å². The van der Waals surface area contributed by atoms with Gasteiger partial charge in [0, 0.05) is 12.6 Å². The third-order valence-electron chi connectivity index (χ3n) is 7.36. The molecular formula is C32H39N3O6S. The highest BCUT2D eigenvalue weighted by atomic mass is 32.2. The standard InChI is InChI=1S/C32H39N3O6S/c1-4-30(32(37)33-25-12-8-9-13-25)34(22-24-11-10-16-29(21-24)40-2)31(36)23-35(42(3,38)39)26-17-19-28(20-18-26)41-27-14-6-5-7-15-27/h5-7,10-11,14-21,25,30H,4,8-9,12-13,22-23H2,1-3H3,(H,33,37)/t30-/m0/s1. The fourth-order valence-corrected chi connectivity index (χ4v) is 6.02. The predicted molar refractivity (Wildman–Crippen MR) is 163 cm³/mol. The van der Waals surface area contributed by atoms with E-state index < -0.39 is 28.5 Å². The largest absolute Gasteiger partial charge is 0.497 e. The Morgan fingerprint density at radius 2 is 1.57 bits per heavy atom. The number of nitrogens with zero attached hydrogens (tertiary/aromatic N) is 2. The van der Waals surface area contributed by atoms with Crippen molar-refractivity contribution in [2.75, 3.05) is 24.2 Å². The Labute approximate surface area is 248 Å². The van der Waals surface area contributed by atoms with Crippen LogP contribution in [0.2, 0.25) is 0 Å². The van der Waals surface area contributed by atoms with Gasteiger partial charge in [0.15, 0.2) is 0 Å². The van der Waals surface area contributed by atoms with Crippen LogP contribution in [0, 0.1) is 0 Å². The van der Waals surface area contributed by atoms with E-state index in [4.69, 9.17) is 9.47 Å². The Bertz CT molecular complexity index is 1440. The predicted octanol–water partition coefficient (Wildman–Crippen LogP) is 5.12. The molecule has 0 unspecified atom stereocenters. The summed E-state index contributed by atoms with van der Waals surface area (Å²) in [6, 6.07) is 22.3. The smallest absolute Gasteiger partial charge is 0.244 e. The molecule has 0 radical (unpaired) electrons. The normalized spacial score (nSPS) is 14.2. The Hall–Kier alpha value is -4.05. The molecule has 3 aromatic carbocycles. The number of nitrogens with one attached hydrogen (secondary N) is 1. The van der Waals surface area contributed by atoms with Crippen LogP contribution in [0.3, 0.4) is 0 Å². The Balaban J connectivity index is 1.59. The van der Waals surface area contributed by atoms with Crippen LogP contribution in [-0.2, 0) is 26.2 Å². The quantitative estimate of drug-likeness (QED) is 0.295. The first-order chi connectivity index (χ1) is 20.2. The average Bonchev–Trinajstić information content (AvgIpc) is 3.49. The van der Waals surface area contributed by atoms with Crippen LogP contribution in [0.1, 0.15) is 44.6 Å². The van der Waals surface area contributed by atoms with Crippen LogP contribution in [-0.4, -0.2) is 57.1 Å². The summed E-state index contributed by atoms with van der Waals surface area (Å²) < 4.78 is 38.1. The lowest BCUT2D eigenvalue weighted by Gasteiger charge is -2.33. The molecule has 1 aliphatic rings. The molecule has 0 aromatic heterocycles. The minimum atomic E-state index is -3.85. The van der Waals surface area contributed by atoms with Crippen LogP contribution in [0.15, 0.2) is 78.9 Å². The van der Waals surface area contributed by atoms with E-state index in [-0.39, 0.29) is 18.5 Å². The zero-order chi connectivity index (χ0) is 30.1. The van der Waals surface area contributed by atoms with Gasteiger partial charge in [-0.1, -0.05) is 50.1 Å². The van der Waals surface area contributed by atoms with Gasteiger partial charge in [0.05, 0.1) is 19.1 Å². The van der Waals surface area contributed by atoms with E-state index in [9.17, 15) is 18.0 Å². The van der Waals surface area contributed by atoms with E-state index in [0.717, 1.165) is 41.8 Å². The molecule has 4 rings (SSSR count). The van der Waals surface area contributed by atoms with Gasteiger partial charge in [-0.3, -0.25) is 13.9 Å². The molecule has 1 saturated carbocycles. The molecule has 2 amide bonds. The van der Waals surface area contributed by atoms with Gasteiger partial charge < -0.3 is 19.7 Å². The molecule has 1 aliphatic carbocycles. The molecule has 0 spiro atoms. The van der Waals surface area contributed by atoms with Gasteiger partial charge in [-0.25, -0.2) is 8.42 Å². The van der Waals surface area contributed by atoms with Crippen molar-refractivity contribution < 1.29 is 27.5 Å². The van der Waals surface area contributed by atoms with Crippen molar-refractivity contribution in [3.05, 3.63) is 84.4 Å². The molecule has 0 bridgehead atoms. The molecule has 1 atom stereocenters. The SMILES string of the molecule is CC[C@@H](C(=O)NC1CCCC1)N(Cc1cccc(OC)c1)C(=O)CN(c1ccc(Oc2ccccc2)cc1)S(C)(=O)=O. The Morgan fingerprint density at radius 3 is 2.19 bits per heavy atom. The number of ether oxygens (including phenoxy) is 2. The number of carbonyl (C=O) groups is 2. The van der Waals surface area contributed by atoms with Gasteiger partial charge in [-0.05, 0) is 73.4 Å². The summed E-state index contributed by atoms with van der Waals surface area (Å²) in [4.78, 5) is 28.9. The number of para-hydroxylation sites is 1. The molecule has 1 N–H and O–H groups in total. The number of rotatable bonds is 13. The molecule has 0 aliphatic heterocycles. The number of methoxy groups -OCH3 is 1. The van der Waals surface area contributed by atoms with Gasteiger partial charge in [-0.2, -0.15) is 0 Å². The molecule has 1 fully saturated rings. The number of sulfonamides is 1. The Morgan fingerprint density at radius 1 is 0.929 bits per heavy atom. The maximum Gasteiger partial charge on any atom is 0.244 e. The second-order valence-electron chi connectivity index (χ2n) is 10.5. The van der Waals surface area contributed by atoms with Crippen molar-refractivity contribution in [1.82, 2.24) is 10.2 Å². The summed E-state index contributed by atoms with van der Waals surface area (Å²) in [5.41, 5.74) is 1.08. The van der Waals surface area contributed by atoms with Crippen molar-refractivity contribution in [1.29, 1.82) is 0 Å².